The van der Waals surface area contributed by atoms with E-state index in [1.54, 1.807) is 18.2 Å². The van der Waals surface area contributed by atoms with Gasteiger partial charge in [-0.05, 0) is 24.6 Å². The molecule has 6 nitrogen and oxygen atoms in total. The second-order valence-electron chi connectivity index (χ2n) is 4.38. The second-order valence-corrected chi connectivity index (χ2v) is 4.38. The van der Waals surface area contributed by atoms with E-state index in [9.17, 15) is 14.7 Å². The molecular weight excluding hydrogens is 246 g/mol. The van der Waals surface area contributed by atoms with Crippen molar-refractivity contribution in [3.63, 3.8) is 0 Å². The molecule has 1 atom stereocenters. The van der Waals surface area contributed by atoms with Crippen molar-refractivity contribution in [2.24, 2.45) is 5.10 Å². The molecule has 1 aromatic carbocycles. The van der Waals surface area contributed by atoms with Crippen molar-refractivity contribution in [2.75, 3.05) is 0 Å². The summed E-state index contributed by atoms with van der Waals surface area (Å²) in [4.78, 5) is 22.9. The Bertz CT molecular complexity index is 540. The van der Waals surface area contributed by atoms with E-state index in [0.29, 0.717) is 12.1 Å². The van der Waals surface area contributed by atoms with Crippen molar-refractivity contribution in [2.45, 2.75) is 25.8 Å². The molecule has 0 saturated heterocycles. The van der Waals surface area contributed by atoms with Gasteiger partial charge in [-0.3, -0.25) is 9.59 Å². The summed E-state index contributed by atoms with van der Waals surface area (Å²) in [6.07, 6.45) is 0.608. The molecule has 19 heavy (non-hydrogen) atoms. The van der Waals surface area contributed by atoms with Crippen LogP contribution in [0.2, 0.25) is 0 Å². The van der Waals surface area contributed by atoms with Crippen LogP contribution in [0.4, 0.5) is 0 Å². The Balaban J connectivity index is 2.01. The molecule has 0 saturated carbocycles. The van der Waals surface area contributed by atoms with Gasteiger partial charge in [0.25, 0.3) is 5.91 Å². The molecule has 1 aliphatic heterocycles. The number of rotatable bonds is 3. The number of phenols is 1. The Morgan fingerprint density at radius 1 is 1.47 bits per heavy atom. The summed E-state index contributed by atoms with van der Waals surface area (Å²) in [7, 11) is 0. The number of benzene rings is 1. The fourth-order valence-corrected chi connectivity index (χ4v) is 1.80. The maximum atomic E-state index is 11.9. The average molecular weight is 261 g/mol. The zero-order valence-electron chi connectivity index (χ0n) is 10.5. The van der Waals surface area contributed by atoms with Crippen LogP contribution in [0.3, 0.4) is 0 Å². The maximum Gasteiger partial charge on any atom is 0.267 e. The smallest absolute Gasteiger partial charge is 0.267 e. The first-order valence-corrected chi connectivity index (χ1v) is 6.01. The molecule has 6 heteroatoms. The van der Waals surface area contributed by atoms with E-state index in [4.69, 9.17) is 0 Å². The molecule has 0 radical (unpaired) electrons. The quantitative estimate of drug-likeness (QED) is 0.752. The van der Waals surface area contributed by atoms with Crippen LogP contribution in [0.1, 0.15) is 31.4 Å². The van der Waals surface area contributed by atoms with Crippen LogP contribution in [0.25, 0.3) is 0 Å². The van der Waals surface area contributed by atoms with Crippen LogP contribution in [-0.2, 0) is 9.59 Å². The first kappa shape index (κ1) is 13.1. The molecule has 0 aromatic heterocycles. The highest BCUT2D eigenvalue weighted by Crippen LogP contribution is 2.17. The Labute approximate surface area is 110 Å². The van der Waals surface area contributed by atoms with Gasteiger partial charge in [0.1, 0.15) is 11.5 Å². The second kappa shape index (κ2) is 5.51. The number of hydrogen-bond acceptors (Lipinski definition) is 4. The third-order valence-electron chi connectivity index (χ3n) is 2.88. The van der Waals surface area contributed by atoms with Gasteiger partial charge in [0.2, 0.25) is 5.91 Å². The van der Waals surface area contributed by atoms with Crippen molar-refractivity contribution in [1.82, 2.24) is 10.7 Å². The van der Waals surface area contributed by atoms with Gasteiger partial charge in [0.05, 0.1) is 6.04 Å². The van der Waals surface area contributed by atoms with Gasteiger partial charge in [-0.25, -0.2) is 5.43 Å². The van der Waals surface area contributed by atoms with E-state index in [1.165, 1.54) is 0 Å². The third kappa shape index (κ3) is 3.31. The van der Waals surface area contributed by atoms with Crippen LogP contribution < -0.4 is 10.7 Å². The van der Waals surface area contributed by atoms with Crippen LogP contribution in [0.15, 0.2) is 29.4 Å². The molecule has 3 N–H and O–H groups in total. The van der Waals surface area contributed by atoms with E-state index in [0.717, 1.165) is 5.56 Å². The minimum absolute atomic E-state index is 0.154. The summed E-state index contributed by atoms with van der Waals surface area (Å²) in [5.41, 5.74) is 3.39. The van der Waals surface area contributed by atoms with Gasteiger partial charge < -0.3 is 10.4 Å². The van der Waals surface area contributed by atoms with E-state index in [1.807, 2.05) is 13.0 Å². The number of aromatic hydroxyl groups is 1. The Hall–Kier alpha value is -2.37. The number of nitrogens with zero attached hydrogens (tertiary/aromatic N) is 1. The minimum Gasteiger partial charge on any atom is -0.508 e. The van der Waals surface area contributed by atoms with E-state index < -0.39 is 0 Å². The van der Waals surface area contributed by atoms with Gasteiger partial charge in [0.15, 0.2) is 0 Å². The lowest BCUT2D eigenvalue weighted by molar-refractivity contribution is -0.121. The number of hydrogen-bond donors (Lipinski definition) is 3. The topological polar surface area (TPSA) is 90.8 Å². The number of carbonyl (C=O) groups is 2. The zero-order valence-corrected chi connectivity index (χ0v) is 10.5. The van der Waals surface area contributed by atoms with Gasteiger partial charge >= 0.3 is 0 Å². The first-order chi connectivity index (χ1) is 9.06. The molecule has 0 fully saturated rings. The Kier molecular flexibility index (Phi) is 3.79. The summed E-state index contributed by atoms with van der Waals surface area (Å²) in [5, 5.41) is 15.9. The fourth-order valence-electron chi connectivity index (χ4n) is 1.80. The molecule has 1 aliphatic rings. The molecule has 1 heterocycles. The monoisotopic (exact) mass is 261 g/mol. The highest BCUT2D eigenvalue weighted by atomic mass is 16.3. The lowest BCUT2D eigenvalue weighted by atomic mass is 10.1. The molecular formula is C13H15N3O3. The molecule has 0 aliphatic carbocycles. The standard InChI is InChI=1S/C13H15N3O3/c1-8(9-3-2-4-10(17)7-9)14-13(19)11-5-6-12(18)16-15-11/h2-4,7-8,17H,5-6H2,1H3,(H,14,19)(H,16,18). The van der Waals surface area contributed by atoms with Crippen molar-refractivity contribution in [3.05, 3.63) is 29.8 Å². The predicted octanol–water partition coefficient (Wildman–Crippen LogP) is 0.835. The van der Waals surface area contributed by atoms with Crippen molar-refractivity contribution < 1.29 is 14.7 Å². The molecule has 0 bridgehead atoms. The minimum atomic E-state index is -0.309. The van der Waals surface area contributed by atoms with Gasteiger partial charge in [0, 0.05) is 12.8 Å². The zero-order chi connectivity index (χ0) is 13.8. The molecule has 1 unspecified atom stereocenters. The highest BCUT2D eigenvalue weighted by molar-refractivity contribution is 6.39. The van der Waals surface area contributed by atoms with Crippen molar-refractivity contribution in [3.8, 4) is 5.75 Å². The van der Waals surface area contributed by atoms with Crippen LogP contribution in [0, 0.1) is 0 Å². The summed E-state index contributed by atoms with van der Waals surface area (Å²) >= 11 is 0. The predicted molar refractivity (Wildman–Crippen MR) is 69.5 cm³/mol. The van der Waals surface area contributed by atoms with Gasteiger partial charge in [-0.1, -0.05) is 12.1 Å². The molecule has 1 aromatic rings. The van der Waals surface area contributed by atoms with Crippen LogP contribution in [0.5, 0.6) is 5.75 Å². The maximum absolute atomic E-state index is 11.9. The molecule has 2 rings (SSSR count). The molecule has 100 valence electrons. The SMILES string of the molecule is CC(NC(=O)C1=NNC(=O)CC1)c1cccc(O)c1. The summed E-state index contributed by atoms with van der Waals surface area (Å²) in [6.45, 7) is 1.81. The van der Waals surface area contributed by atoms with Crippen molar-refractivity contribution in [1.29, 1.82) is 0 Å². The normalized spacial score (nSPS) is 16.3. The van der Waals surface area contributed by atoms with Crippen LogP contribution in [-0.4, -0.2) is 22.6 Å². The Morgan fingerprint density at radius 3 is 2.89 bits per heavy atom. The van der Waals surface area contributed by atoms with Gasteiger partial charge in [-0.15, -0.1) is 0 Å². The summed E-state index contributed by atoms with van der Waals surface area (Å²) < 4.78 is 0. The summed E-state index contributed by atoms with van der Waals surface area (Å²) in [5.74, 6) is -0.339. The molecule has 2 amide bonds. The average Bonchev–Trinajstić information content (AvgIpc) is 2.39. The lowest BCUT2D eigenvalue weighted by Gasteiger charge is -2.17. The highest BCUT2D eigenvalue weighted by Gasteiger charge is 2.20. The Morgan fingerprint density at radius 2 is 2.26 bits per heavy atom. The number of hydrazone groups is 1. The largest absolute Gasteiger partial charge is 0.508 e. The van der Waals surface area contributed by atoms with E-state index >= 15 is 0 Å². The van der Waals surface area contributed by atoms with Crippen molar-refractivity contribution >= 4 is 17.5 Å². The fraction of sp³-hybridized carbons (Fsp3) is 0.308. The first-order valence-electron chi connectivity index (χ1n) is 6.01. The number of nitrogens with one attached hydrogen (secondary N) is 2. The number of amides is 2. The number of phenolic OH excluding ortho intramolecular Hbond substituents is 1. The number of carbonyl (C=O) groups excluding carboxylic acids is 2. The summed E-state index contributed by atoms with van der Waals surface area (Å²) in [6, 6.07) is 6.44. The molecule has 0 spiro atoms. The van der Waals surface area contributed by atoms with E-state index in [2.05, 4.69) is 15.8 Å². The van der Waals surface area contributed by atoms with Crippen LogP contribution >= 0.6 is 0 Å². The lowest BCUT2D eigenvalue weighted by Crippen LogP contribution is -2.37. The third-order valence-corrected chi connectivity index (χ3v) is 2.88. The van der Waals surface area contributed by atoms with Gasteiger partial charge in [-0.2, -0.15) is 5.10 Å². The van der Waals surface area contributed by atoms with E-state index in [-0.39, 0.29) is 30.0 Å².